The fourth-order valence-corrected chi connectivity index (χ4v) is 2.05. The molecular weight excluding hydrogens is 298 g/mol. The predicted molar refractivity (Wildman–Crippen MR) is 67.7 cm³/mol. The molecule has 1 heterocycles. The molecule has 0 aliphatic carbocycles. The molecule has 0 saturated carbocycles. The first kappa shape index (κ1) is 12.3. The molecule has 0 aliphatic heterocycles. The Hall–Kier alpha value is -2.13. The van der Waals surface area contributed by atoms with Crippen molar-refractivity contribution in [2.75, 3.05) is 0 Å². The van der Waals surface area contributed by atoms with Crippen LogP contribution in [0, 0.1) is 18.3 Å². The molecule has 6 heteroatoms. The Morgan fingerprint density at radius 2 is 2.28 bits per heavy atom. The molecule has 0 aliphatic rings. The molecule has 0 bridgehead atoms. The Bertz CT molecular complexity index is 670. The first-order chi connectivity index (χ1) is 8.54. The maximum absolute atomic E-state index is 11.0. The Morgan fingerprint density at radius 3 is 2.83 bits per heavy atom. The van der Waals surface area contributed by atoms with Gasteiger partial charge < -0.3 is 5.11 Å². The number of carboxylic acid groups (broad SMARTS) is 1. The van der Waals surface area contributed by atoms with Crippen molar-refractivity contribution >= 4 is 21.9 Å². The van der Waals surface area contributed by atoms with Gasteiger partial charge in [-0.2, -0.15) is 10.4 Å². The lowest BCUT2D eigenvalue weighted by Crippen LogP contribution is -1.99. The summed E-state index contributed by atoms with van der Waals surface area (Å²) in [6.07, 6.45) is 1.40. The van der Waals surface area contributed by atoms with Gasteiger partial charge in [-0.15, -0.1) is 0 Å². The molecule has 0 unspecified atom stereocenters. The molecule has 0 saturated heterocycles. The van der Waals surface area contributed by atoms with Crippen LogP contribution in [0.5, 0.6) is 0 Å². The molecule has 90 valence electrons. The van der Waals surface area contributed by atoms with E-state index in [4.69, 9.17) is 10.4 Å². The lowest BCUT2D eigenvalue weighted by Gasteiger charge is -2.04. The van der Waals surface area contributed by atoms with Crippen molar-refractivity contribution < 1.29 is 9.90 Å². The number of carbonyl (C=O) groups is 1. The van der Waals surface area contributed by atoms with E-state index >= 15 is 0 Å². The van der Waals surface area contributed by atoms with Gasteiger partial charge in [0, 0.05) is 10.7 Å². The van der Waals surface area contributed by atoms with Crippen LogP contribution in [0.15, 0.2) is 28.9 Å². The van der Waals surface area contributed by atoms with Crippen LogP contribution in [-0.2, 0) is 0 Å². The number of benzene rings is 1. The second-order valence-electron chi connectivity index (χ2n) is 3.62. The summed E-state index contributed by atoms with van der Waals surface area (Å²) in [6, 6.07) is 7.28. The third-order valence-corrected chi connectivity index (χ3v) is 3.14. The molecule has 2 rings (SSSR count). The summed E-state index contributed by atoms with van der Waals surface area (Å²) in [5, 5.41) is 22.2. The van der Waals surface area contributed by atoms with Gasteiger partial charge in [0.2, 0.25) is 0 Å². The number of hydrogen-bond donors (Lipinski definition) is 1. The summed E-state index contributed by atoms with van der Waals surface area (Å²) in [7, 11) is 0. The highest BCUT2D eigenvalue weighted by Crippen LogP contribution is 2.23. The summed E-state index contributed by atoms with van der Waals surface area (Å²) in [5.41, 5.74) is 1.49. The molecule has 1 aromatic heterocycles. The van der Waals surface area contributed by atoms with Crippen molar-refractivity contribution in [1.82, 2.24) is 9.78 Å². The van der Waals surface area contributed by atoms with E-state index in [0.717, 1.165) is 0 Å². The number of nitrogens with zero attached hydrogens (tertiary/aromatic N) is 3. The van der Waals surface area contributed by atoms with Gasteiger partial charge in [0.1, 0.15) is 11.6 Å². The van der Waals surface area contributed by atoms with Crippen molar-refractivity contribution in [2.24, 2.45) is 0 Å². The van der Waals surface area contributed by atoms with Crippen LogP contribution in [0.3, 0.4) is 0 Å². The standard InChI is InChI=1S/C12H8BrN3O2/c1-7-9(12(17)18)6-16(15-7)11-4-2-3-10(13)8(11)5-14/h2-4,6H,1H3,(H,17,18). The number of aryl methyl sites for hydroxylation is 1. The third-order valence-electron chi connectivity index (χ3n) is 2.48. The molecule has 5 nitrogen and oxygen atoms in total. The highest BCUT2D eigenvalue weighted by molar-refractivity contribution is 9.10. The van der Waals surface area contributed by atoms with Crippen molar-refractivity contribution in [3.8, 4) is 11.8 Å². The number of rotatable bonds is 2. The first-order valence-electron chi connectivity index (χ1n) is 5.03. The summed E-state index contributed by atoms with van der Waals surface area (Å²) in [6.45, 7) is 1.62. The van der Waals surface area contributed by atoms with Gasteiger partial charge in [-0.1, -0.05) is 6.07 Å². The van der Waals surface area contributed by atoms with E-state index in [9.17, 15) is 4.79 Å². The summed E-state index contributed by atoms with van der Waals surface area (Å²) in [5.74, 6) is -1.03. The SMILES string of the molecule is Cc1nn(-c2cccc(Br)c2C#N)cc1C(=O)O. The topological polar surface area (TPSA) is 78.9 Å². The number of carboxylic acids is 1. The molecule has 2 aromatic rings. The minimum Gasteiger partial charge on any atom is -0.478 e. The maximum Gasteiger partial charge on any atom is 0.339 e. The largest absolute Gasteiger partial charge is 0.478 e. The number of halogens is 1. The first-order valence-corrected chi connectivity index (χ1v) is 5.82. The van der Waals surface area contributed by atoms with Crippen LogP contribution in [0.1, 0.15) is 21.6 Å². The van der Waals surface area contributed by atoms with Crippen LogP contribution in [-0.4, -0.2) is 20.9 Å². The average molecular weight is 306 g/mol. The number of aromatic nitrogens is 2. The molecular formula is C12H8BrN3O2. The molecule has 1 aromatic carbocycles. The van der Waals surface area contributed by atoms with Gasteiger partial charge in [0.15, 0.2) is 0 Å². The van der Waals surface area contributed by atoms with Gasteiger partial charge in [-0.3, -0.25) is 0 Å². The zero-order chi connectivity index (χ0) is 13.3. The zero-order valence-electron chi connectivity index (χ0n) is 9.38. The van der Waals surface area contributed by atoms with E-state index in [1.54, 1.807) is 25.1 Å². The third kappa shape index (κ3) is 2.00. The summed E-state index contributed by atoms with van der Waals surface area (Å²) in [4.78, 5) is 11.0. The maximum atomic E-state index is 11.0. The fraction of sp³-hybridized carbons (Fsp3) is 0.0833. The van der Waals surface area contributed by atoms with Crippen LogP contribution in [0.2, 0.25) is 0 Å². The van der Waals surface area contributed by atoms with Crippen molar-refractivity contribution in [3.05, 3.63) is 45.7 Å². The molecule has 0 radical (unpaired) electrons. The highest BCUT2D eigenvalue weighted by atomic mass is 79.9. The van der Waals surface area contributed by atoms with E-state index in [-0.39, 0.29) is 5.56 Å². The molecule has 18 heavy (non-hydrogen) atoms. The minimum absolute atomic E-state index is 0.124. The van der Waals surface area contributed by atoms with Crippen molar-refractivity contribution in [3.63, 3.8) is 0 Å². The summed E-state index contributed by atoms with van der Waals surface area (Å²) < 4.78 is 2.05. The molecule has 0 atom stereocenters. The highest BCUT2D eigenvalue weighted by Gasteiger charge is 2.15. The summed E-state index contributed by atoms with van der Waals surface area (Å²) >= 11 is 3.28. The van der Waals surface area contributed by atoms with Crippen LogP contribution in [0.4, 0.5) is 0 Å². The van der Waals surface area contributed by atoms with Crippen LogP contribution in [0.25, 0.3) is 5.69 Å². The molecule has 0 fully saturated rings. The van der Waals surface area contributed by atoms with E-state index < -0.39 is 5.97 Å². The number of nitriles is 1. The lowest BCUT2D eigenvalue weighted by molar-refractivity contribution is 0.0696. The van der Waals surface area contributed by atoms with E-state index in [1.165, 1.54) is 10.9 Å². The minimum atomic E-state index is -1.03. The Morgan fingerprint density at radius 1 is 1.56 bits per heavy atom. The monoisotopic (exact) mass is 305 g/mol. The Kier molecular flexibility index (Phi) is 3.17. The molecule has 0 amide bonds. The van der Waals surface area contributed by atoms with Gasteiger partial charge in [-0.25, -0.2) is 9.48 Å². The van der Waals surface area contributed by atoms with Crippen molar-refractivity contribution in [1.29, 1.82) is 5.26 Å². The molecule has 1 N–H and O–H groups in total. The van der Waals surface area contributed by atoms with Gasteiger partial charge in [-0.05, 0) is 35.0 Å². The molecule has 0 spiro atoms. The quantitative estimate of drug-likeness (QED) is 0.924. The number of aromatic carboxylic acids is 1. The average Bonchev–Trinajstić information content (AvgIpc) is 2.71. The van der Waals surface area contributed by atoms with Gasteiger partial charge in [0.05, 0.1) is 16.9 Å². The van der Waals surface area contributed by atoms with E-state index in [0.29, 0.717) is 21.4 Å². The van der Waals surface area contributed by atoms with Crippen molar-refractivity contribution in [2.45, 2.75) is 6.92 Å². The smallest absolute Gasteiger partial charge is 0.339 e. The predicted octanol–water partition coefficient (Wildman–Crippen LogP) is 2.51. The van der Waals surface area contributed by atoms with Crippen LogP contribution >= 0.6 is 15.9 Å². The fourth-order valence-electron chi connectivity index (χ4n) is 1.61. The van der Waals surface area contributed by atoms with E-state index in [2.05, 4.69) is 27.1 Å². The Balaban J connectivity index is 2.64. The lowest BCUT2D eigenvalue weighted by atomic mass is 10.2. The normalized spacial score (nSPS) is 10.1. The Labute approximate surface area is 111 Å². The zero-order valence-corrected chi connectivity index (χ0v) is 11.0. The number of hydrogen-bond acceptors (Lipinski definition) is 3. The van der Waals surface area contributed by atoms with Gasteiger partial charge >= 0.3 is 5.97 Å². The van der Waals surface area contributed by atoms with Gasteiger partial charge in [0.25, 0.3) is 0 Å². The van der Waals surface area contributed by atoms with Crippen LogP contribution < -0.4 is 0 Å². The second kappa shape index (κ2) is 4.63. The second-order valence-corrected chi connectivity index (χ2v) is 4.48. The van der Waals surface area contributed by atoms with E-state index in [1.807, 2.05) is 0 Å².